The van der Waals surface area contributed by atoms with Crippen LogP contribution in [0.3, 0.4) is 0 Å². The van der Waals surface area contributed by atoms with Gasteiger partial charge in [0, 0.05) is 11.4 Å². The normalized spacial score (nSPS) is 14.8. The molecule has 1 amide bonds. The summed E-state index contributed by atoms with van der Waals surface area (Å²) in [5, 5.41) is 11.0. The van der Waals surface area contributed by atoms with Gasteiger partial charge in [0.2, 0.25) is 16.0 Å². The van der Waals surface area contributed by atoms with Crippen LogP contribution in [0.1, 0.15) is 12.5 Å². The summed E-state index contributed by atoms with van der Waals surface area (Å²) in [4.78, 5) is 22.7. The summed E-state index contributed by atoms with van der Waals surface area (Å²) in [6.45, 7) is 1.97. The van der Waals surface area contributed by atoms with E-state index >= 15 is 0 Å². The van der Waals surface area contributed by atoms with Gasteiger partial charge in [0.25, 0.3) is 5.91 Å². The Bertz CT molecular complexity index is 1680. The SMILES string of the molecule is COc1ccc(CN2C(=O)[C@@H](C)Oc3ccc(Nc4nc(Nc5cccc(S(N)(=O)=O)c5)ncc4F)cc32)cc1. The lowest BCUT2D eigenvalue weighted by atomic mass is 10.1. The zero-order valence-electron chi connectivity index (χ0n) is 21.5. The summed E-state index contributed by atoms with van der Waals surface area (Å²) in [5.74, 6) is 0.140. The Morgan fingerprint density at radius 3 is 2.55 bits per heavy atom. The molecule has 1 aliphatic heterocycles. The third-order valence-corrected chi connectivity index (χ3v) is 7.00. The average Bonchev–Trinajstić information content (AvgIpc) is 2.93. The highest BCUT2D eigenvalue weighted by Gasteiger charge is 2.32. The predicted molar refractivity (Wildman–Crippen MR) is 147 cm³/mol. The molecule has 0 unspecified atom stereocenters. The minimum atomic E-state index is -3.91. The van der Waals surface area contributed by atoms with E-state index in [-0.39, 0.29) is 22.6 Å². The lowest BCUT2D eigenvalue weighted by Crippen LogP contribution is -2.44. The maximum Gasteiger partial charge on any atom is 0.268 e. The smallest absolute Gasteiger partial charge is 0.268 e. The van der Waals surface area contributed by atoms with Gasteiger partial charge in [-0.1, -0.05) is 18.2 Å². The molecular formula is C27H25FN6O5S. The largest absolute Gasteiger partial charge is 0.497 e. The van der Waals surface area contributed by atoms with Crippen molar-refractivity contribution in [3.05, 3.63) is 84.3 Å². The van der Waals surface area contributed by atoms with E-state index in [0.717, 1.165) is 11.8 Å². The second-order valence-electron chi connectivity index (χ2n) is 8.93. The molecule has 4 aromatic rings. The van der Waals surface area contributed by atoms with Crippen molar-refractivity contribution in [2.45, 2.75) is 24.5 Å². The van der Waals surface area contributed by atoms with E-state index < -0.39 is 21.9 Å². The van der Waals surface area contributed by atoms with Crippen molar-refractivity contribution in [2.24, 2.45) is 5.14 Å². The number of aromatic nitrogens is 2. The Morgan fingerprint density at radius 1 is 1.07 bits per heavy atom. The Kier molecular flexibility index (Phi) is 7.24. The molecule has 0 saturated carbocycles. The van der Waals surface area contributed by atoms with Crippen molar-refractivity contribution in [3.8, 4) is 11.5 Å². The Morgan fingerprint density at radius 2 is 1.82 bits per heavy atom. The van der Waals surface area contributed by atoms with Crippen LogP contribution in [0, 0.1) is 5.82 Å². The number of halogens is 1. The maximum absolute atomic E-state index is 14.7. The number of carbonyl (C=O) groups excluding carboxylic acids is 1. The first-order chi connectivity index (χ1) is 19.1. The van der Waals surface area contributed by atoms with Crippen LogP contribution < -0.4 is 30.1 Å². The lowest BCUT2D eigenvalue weighted by Gasteiger charge is -2.33. The van der Waals surface area contributed by atoms with E-state index in [9.17, 15) is 17.6 Å². The summed E-state index contributed by atoms with van der Waals surface area (Å²) in [6.07, 6.45) is 0.300. The molecule has 1 aliphatic rings. The number of hydrogen-bond acceptors (Lipinski definition) is 9. The van der Waals surface area contributed by atoms with Gasteiger partial charge in [0.15, 0.2) is 17.7 Å². The number of anilines is 5. The molecule has 0 spiro atoms. The van der Waals surface area contributed by atoms with Crippen LogP contribution in [0.2, 0.25) is 0 Å². The molecule has 13 heteroatoms. The summed E-state index contributed by atoms with van der Waals surface area (Å²) < 4.78 is 49.0. The fourth-order valence-electron chi connectivity index (χ4n) is 4.09. The maximum atomic E-state index is 14.7. The summed E-state index contributed by atoms with van der Waals surface area (Å²) in [6, 6.07) is 18.2. The number of nitrogens with one attached hydrogen (secondary N) is 2. The fraction of sp³-hybridized carbons (Fsp3) is 0.148. The fourth-order valence-corrected chi connectivity index (χ4v) is 4.65. The Labute approximate surface area is 229 Å². The van der Waals surface area contributed by atoms with E-state index in [1.807, 2.05) is 24.3 Å². The topological polar surface area (TPSA) is 149 Å². The van der Waals surface area contributed by atoms with E-state index in [1.165, 1.54) is 18.2 Å². The highest BCUT2D eigenvalue weighted by molar-refractivity contribution is 7.89. The first-order valence-corrected chi connectivity index (χ1v) is 13.6. The van der Waals surface area contributed by atoms with Crippen molar-refractivity contribution >= 4 is 44.8 Å². The van der Waals surface area contributed by atoms with Gasteiger partial charge in [-0.25, -0.2) is 22.9 Å². The van der Waals surface area contributed by atoms with Crippen LogP contribution in [0.4, 0.5) is 33.2 Å². The van der Waals surface area contributed by atoms with Crippen molar-refractivity contribution in [3.63, 3.8) is 0 Å². The number of amides is 1. The number of carbonyl (C=O) groups is 1. The van der Waals surface area contributed by atoms with Crippen LogP contribution in [-0.2, 0) is 21.4 Å². The molecule has 0 bridgehead atoms. The Hall–Kier alpha value is -4.75. The molecule has 1 atom stereocenters. The van der Waals surface area contributed by atoms with E-state index in [4.69, 9.17) is 14.6 Å². The number of sulfonamides is 1. The third-order valence-electron chi connectivity index (χ3n) is 6.09. The van der Waals surface area contributed by atoms with Gasteiger partial charge < -0.3 is 25.0 Å². The molecule has 40 heavy (non-hydrogen) atoms. The number of nitrogens with two attached hydrogens (primary N) is 1. The zero-order chi connectivity index (χ0) is 28.4. The van der Waals surface area contributed by atoms with Crippen LogP contribution in [-0.4, -0.2) is 37.5 Å². The highest BCUT2D eigenvalue weighted by Crippen LogP contribution is 2.38. The number of primary sulfonamides is 1. The van der Waals surface area contributed by atoms with Crippen molar-refractivity contribution < 1.29 is 27.1 Å². The van der Waals surface area contributed by atoms with Crippen LogP contribution >= 0.6 is 0 Å². The van der Waals surface area contributed by atoms with Gasteiger partial charge in [-0.05, 0) is 61.0 Å². The standard InChI is InChI=1S/C27H25FN6O5S/c1-16-26(35)34(15-17-6-9-20(38-2)10-7-17)23-13-19(8-11-24(23)39-16)31-25-22(28)14-30-27(33-25)32-18-4-3-5-21(12-18)40(29,36)37/h3-14,16H,15H2,1-2H3,(H2,29,36,37)(H2,30,31,32,33)/t16-/m1/s1. The van der Waals surface area contributed by atoms with E-state index in [2.05, 4.69) is 20.6 Å². The van der Waals surface area contributed by atoms with Gasteiger partial charge in [0.05, 0.1) is 30.4 Å². The molecule has 11 nitrogen and oxygen atoms in total. The Balaban J connectivity index is 1.40. The number of benzene rings is 3. The highest BCUT2D eigenvalue weighted by atomic mass is 32.2. The van der Waals surface area contributed by atoms with Crippen molar-refractivity contribution in [1.29, 1.82) is 0 Å². The monoisotopic (exact) mass is 564 g/mol. The molecule has 206 valence electrons. The molecule has 0 saturated heterocycles. The number of ether oxygens (including phenoxy) is 2. The molecule has 3 aromatic carbocycles. The summed E-state index contributed by atoms with van der Waals surface area (Å²) in [5.41, 5.74) is 2.19. The number of rotatable bonds is 8. The lowest BCUT2D eigenvalue weighted by molar-refractivity contribution is -0.125. The molecule has 5 rings (SSSR count). The third kappa shape index (κ3) is 5.80. The minimum Gasteiger partial charge on any atom is -0.497 e. The van der Waals surface area contributed by atoms with Gasteiger partial charge in [-0.2, -0.15) is 4.98 Å². The van der Waals surface area contributed by atoms with Gasteiger partial charge >= 0.3 is 0 Å². The molecule has 0 fully saturated rings. The van der Waals surface area contributed by atoms with E-state index in [0.29, 0.717) is 35.1 Å². The molecule has 4 N–H and O–H groups in total. The molecule has 2 heterocycles. The molecule has 1 aromatic heterocycles. The van der Waals surface area contributed by atoms with E-state index in [1.54, 1.807) is 43.2 Å². The van der Waals surface area contributed by atoms with Crippen molar-refractivity contribution in [1.82, 2.24) is 9.97 Å². The minimum absolute atomic E-state index is 0.0156. The molecule has 0 aliphatic carbocycles. The second-order valence-corrected chi connectivity index (χ2v) is 10.5. The van der Waals surface area contributed by atoms with Gasteiger partial charge in [-0.15, -0.1) is 0 Å². The van der Waals surface area contributed by atoms with Gasteiger partial charge in [0.1, 0.15) is 11.5 Å². The van der Waals surface area contributed by atoms with Crippen LogP contribution in [0.15, 0.2) is 77.8 Å². The number of nitrogens with zero attached hydrogens (tertiary/aromatic N) is 3. The zero-order valence-corrected chi connectivity index (χ0v) is 22.3. The van der Waals surface area contributed by atoms with Crippen molar-refractivity contribution in [2.75, 3.05) is 22.6 Å². The average molecular weight is 565 g/mol. The quantitative estimate of drug-likeness (QED) is 0.288. The molecule has 0 radical (unpaired) electrons. The first-order valence-electron chi connectivity index (χ1n) is 12.0. The van der Waals surface area contributed by atoms with Crippen LogP contribution in [0.5, 0.6) is 11.5 Å². The van der Waals surface area contributed by atoms with Crippen LogP contribution in [0.25, 0.3) is 0 Å². The number of methoxy groups -OCH3 is 1. The first kappa shape index (κ1) is 26.8. The molecular weight excluding hydrogens is 539 g/mol. The number of fused-ring (bicyclic) bond motifs is 1. The number of hydrogen-bond donors (Lipinski definition) is 3. The van der Waals surface area contributed by atoms with Gasteiger partial charge in [-0.3, -0.25) is 4.79 Å². The summed E-state index contributed by atoms with van der Waals surface area (Å²) in [7, 11) is -2.33. The predicted octanol–water partition coefficient (Wildman–Crippen LogP) is 4.07. The second kappa shape index (κ2) is 10.8. The summed E-state index contributed by atoms with van der Waals surface area (Å²) >= 11 is 0.